The van der Waals surface area contributed by atoms with E-state index < -0.39 is 17.7 Å². The summed E-state index contributed by atoms with van der Waals surface area (Å²) in [7, 11) is 0. The van der Waals surface area contributed by atoms with Gasteiger partial charge >= 0.3 is 6.18 Å². The zero-order chi connectivity index (χ0) is 13.6. The maximum atomic E-state index is 12.3. The third-order valence-corrected chi connectivity index (χ3v) is 2.08. The van der Waals surface area contributed by atoms with Crippen molar-refractivity contribution >= 4 is 11.9 Å². The molecule has 0 radical (unpaired) electrons. The van der Waals surface area contributed by atoms with Crippen molar-refractivity contribution < 1.29 is 13.2 Å². The highest BCUT2D eigenvalue weighted by molar-refractivity contribution is 5.68. The Labute approximate surface area is 102 Å². The second-order valence-electron chi connectivity index (χ2n) is 3.42. The number of alkyl halides is 3. The molecule has 0 N–H and O–H groups in total. The molecule has 0 bridgehead atoms. The third-order valence-electron chi connectivity index (χ3n) is 2.08. The van der Waals surface area contributed by atoms with E-state index in [-0.39, 0.29) is 6.42 Å². The van der Waals surface area contributed by atoms with E-state index in [2.05, 4.69) is 4.99 Å². The highest BCUT2D eigenvalue weighted by atomic mass is 19.4. The Morgan fingerprint density at radius 2 is 1.83 bits per heavy atom. The van der Waals surface area contributed by atoms with Gasteiger partial charge in [-0.2, -0.15) is 23.7 Å². The molecule has 3 nitrogen and oxygen atoms in total. The van der Waals surface area contributed by atoms with Gasteiger partial charge in [-0.15, -0.1) is 0 Å². The van der Waals surface area contributed by atoms with Crippen molar-refractivity contribution in [3.8, 4) is 12.1 Å². The zero-order valence-electron chi connectivity index (χ0n) is 9.15. The largest absolute Gasteiger partial charge is 0.416 e. The average molecular weight is 251 g/mol. The molecule has 0 spiro atoms. The monoisotopic (exact) mass is 251 g/mol. The molecule has 1 aromatic rings. The van der Waals surface area contributed by atoms with Gasteiger partial charge in [0.25, 0.3) is 0 Å². The molecule has 1 rings (SSSR count). The maximum absolute atomic E-state index is 12.3. The minimum Gasteiger partial charge on any atom is -0.260 e. The number of aliphatic imine (C=N–C) groups is 1. The first-order valence-electron chi connectivity index (χ1n) is 4.95. The number of nitriles is 2. The summed E-state index contributed by atoms with van der Waals surface area (Å²) in [5.41, 5.74) is -0.448. The fourth-order valence-corrected chi connectivity index (χ4v) is 1.14. The quantitative estimate of drug-likeness (QED) is 0.772. The zero-order valence-corrected chi connectivity index (χ0v) is 9.15. The van der Waals surface area contributed by atoms with Crippen LogP contribution in [0.2, 0.25) is 0 Å². The Morgan fingerprint density at radius 3 is 2.28 bits per heavy atom. The van der Waals surface area contributed by atoms with Crippen LogP contribution in [0.25, 0.3) is 0 Å². The fraction of sp³-hybridized carbons (Fsp3) is 0.250. The molecule has 0 fully saturated rings. The Balaban J connectivity index is 2.79. The van der Waals surface area contributed by atoms with Gasteiger partial charge in [-0.3, -0.25) is 4.99 Å². The summed E-state index contributed by atoms with van der Waals surface area (Å²) >= 11 is 0. The molecule has 0 aromatic heterocycles. The molecule has 18 heavy (non-hydrogen) atoms. The van der Waals surface area contributed by atoms with E-state index in [9.17, 15) is 13.2 Å². The van der Waals surface area contributed by atoms with Crippen LogP contribution in [0.15, 0.2) is 29.3 Å². The van der Waals surface area contributed by atoms with Gasteiger partial charge in [0.2, 0.25) is 0 Å². The molecular formula is C12H8F3N3. The van der Waals surface area contributed by atoms with Gasteiger partial charge in [-0.05, 0) is 24.3 Å². The van der Waals surface area contributed by atoms with Crippen molar-refractivity contribution in [1.82, 2.24) is 0 Å². The number of hydrogen-bond donors (Lipinski definition) is 0. The first-order valence-corrected chi connectivity index (χ1v) is 4.95. The predicted octanol–water partition coefficient (Wildman–Crippen LogP) is 3.46. The minimum absolute atomic E-state index is 0.000630. The first kappa shape index (κ1) is 13.7. The predicted molar refractivity (Wildman–Crippen MR) is 58.9 cm³/mol. The highest BCUT2D eigenvalue weighted by Crippen LogP contribution is 2.30. The molecule has 0 aliphatic heterocycles. The molecule has 0 saturated heterocycles. The van der Waals surface area contributed by atoms with Crippen LogP contribution >= 0.6 is 0 Å². The van der Waals surface area contributed by atoms with Crippen LogP contribution in [-0.4, -0.2) is 6.21 Å². The van der Waals surface area contributed by atoms with Gasteiger partial charge < -0.3 is 0 Å². The standard InChI is InChI=1S/C12H8F3N3/c13-12(14,15)10-1-3-11(4-2-10)18-8-9(7-17)5-6-16/h1-4,8-9H,5H2. The van der Waals surface area contributed by atoms with E-state index >= 15 is 0 Å². The smallest absolute Gasteiger partial charge is 0.260 e. The summed E-state index contributed by atoms with van der Waals surface area (Å²) in [6.45, 7) is 0. The third kappa shape index (κ3) is 3.91. The van der Waals surface area contributed by atoms with Crippen LogP contribution in [0, 0.1) is 28.6 Å². The Kier molecular flexibility index (Phi) is 4.45. The summed E-state index contributed by atoms with van der Waals surface area (Å²) in [4.78, 5) is 3.85. The van der Waals surface area contributed by atoms with E-state index in [4.69, 9.17) is 10.5 Å². The molecule has 6 heteroatoms. The second kappa shape index (κ2) is 5.83. The molecule has 0 aliphatic rings. The molecule has 0 amide bonds. The van der Waals surface area contributed by atoms with Crippen molar-refractivity contribution in [2.75, 3.05) is 0 Å². The van der Waals surface area contributed by atoms with Gasteiger partial charge in [0.15, 0.2) is 0 Å². The van der Waals surface area contributed by atoms with Gasteiger partial charge in [0.05, 0.1) is 35.7 Å². The van der Waals surface area contributed by atoms with Crippen molar-refractivity contribution in [3.63, 3.8) is 0 Å². The van der Waals surface area contributed by atoms with Gasteiger partial charge in [0, 0.05) is 6.21 Å². The summed E-state index contributed by atoms with van der Waals surface area (Å²) < 4.78 is 36.8. The first-order chi connectivity index (χ1) is 8.47. The van der Waals surface area contributed by atoms with Crippen LogP contribution in [0.4, 0.5) is 18.9 Å². The Hall–Kier alpha value is -2.34. The summed E-state index contributed by atoms with van der Waals surface area (Å²) in [5, 5.41) is 17.0. The normalized spacial score (nSPS) is 12.9. The van der Waals surface area contributed by atoms with Gasteiger partial charge in [0.1, 0.15) is 0 Å². The number of hydrogen-bond acceptors (Lipinski definition) is 3. The van der Waals surface area contributed by atoms with Gasteiger partial charge in [-0.1, -0.05) is 0 Å². The average Bonchev–Trinajstić information content (AvgIpc) is 2.34. The fourth-order valence-electron chi connectivity index (χ4n) is 1.14. The van der Waals surface area contributed by atoms with Crippen LogP contribution < -0.4 is 0 Å². The second-order valence-corrected chi connectivity index (χ2v) is 3.42. The van der Waals surface area contributed by atoms with Crippen LogP contribution in [0.3, 0.4) is 0 Å². The van der Waals surface area contributed by atoms with Crippen molar-refractivity contribution in [3.05, 3.63) is 29.8 Å². The molecule has 0 heterocycles. The lowest BCUT2D eigenvalue weighted by atomic mass is 10.1. The van der Waals surface area contributed by atoms with Gasteiger partial charge in [-0.25, -0.2) is 0 Å². The lowest BCUT2D eigenvalue weighted by Crippen LogP contribution is -2.03. The summed E-state index contributed by atoms with van der Waals surface area (Å²) in [6.07, 6.45) is -3.12. The lowest BCUT2D eigenvalue weighted by Gasteiger charge is -2.05. The van der Waals surface area contributed by atoms with Crippen LogP contribution in [-0.2, 0) is 6.18 Å². The van der Waals surface area contributed by atoms with Crippen molar-refractivity contribution in [1.29, 1.82) is 10.5 Å². The maximum Gasteiger partial charge on any atom is 0.416 e. The molecule has 1 aromatic carbocycles. The van der Waals surface area contributed by atoms with E-state index in [1.54, 1.807) is 0 Å². The van der Waals surface area contributed by atoms with Crippen molar-refractivity contribution in [2.45, 2.75) is 12.6 Å². The number of benzene rings is 1. The Morgan fingerprint density at radius 1 is 1.22 bits per heavy atom. The van der Waals surface area contributed by atoms with E-state index in [1.165, 1.54) is 18.3 Å². The molecule has 1 atom stereocenters. The van der Waals surface area contributed by atoms with Crippen LogP contribution in [0.5, 0.6) is 0 Å². The molecule has 0 aliphatic carbocycles. The summed E-state index contributed by atoms with van der Waals surface area (Å²) in [6, 6.07) is 7.93. The number of rotatable bonds is 3. The lowest BCUT2D eigenvalue weighted by molar-refractivity contribution is -0.137. The minimum atomic E-state index is -4.38. The van der Waals surface area contributed by atoms with E-state index in [0.29, 0.717) is 5.69 Å². The SMILES string of the molecule is N#CCC(C#N)C=Nc1ccc(C(F)(F)F)cc1. The molecular weight excluding hydrogens is 243 g/mol. The molecule has 1 unspecified atom stereocenters. The van der Waals surface area contributed by atoms with E-state index in [0.717, 1.165) is 12.1 Å². The van der Waals surface area contributed by atoms with Crippen molar-refractivity contribution in [2.24, 2.45) is 10.9 Å². The van der Waals surface area contributed by atoms with E-state index in [1.807, 2.05) is 12.1 Å². The molecule has 92 valence electrons. The van der Waals surface area contributed by atoms with Crippen LogP contribution in [0.1, 0.15) is 12.0 Å². The summed E-state index contributed by atoms with van der Waals surface area (Å²) in [5.74, 6) is -0.655. The highest BCUT2D eigenvalue weighted by Gasteiger charge is 2.29. The molecule has 0 saturated carbocycles. The Bertz CT molecular complexity index is 503. The number of halogens is 3. The number of nitrogens with zero attached hydrogens (tertiary/aromatic N) is 3. The topological polar surface area (TPSA) is 59.9 Å².